The fraction of sp³-hybridized carbons (Fsp3) is 0.944. The number of esters is 1. The van der Waals surface area contributed by atoms with Crippen molar-refractivity contribution in [3.63, 3.8) is 0 Å². The summed E-state index contributed by atoms with van der Waals surface area (Å²) in [5.41, 5.74) is -1.53. The Morgan fingerprint density at radius 2 is 1.20 bits per heavy atom. The van der Waals surface area contributed by atoms with Gasteiger partial charge >= 0.3 is 35.5 Å². The zero-order valence-electron chi connectivity index (χ0n) is 16.4. The van der Waals surface area contributed by atoms with Gasteiger partial charge in [0.2, 0.25) is 0 Å². The molecule has 0 aliphatic heterocycles. The van der Waals surface area contributed by atoms with Crippen molar-refractivity contribution in [2.24, 2.45) is 0 Å². The van der Waals surface area contributed by atoms with Crippen LogP contribution in [-0.4, -0.2) is 24.4 Å². The number of hydrogen-bond acceptors (Lipinski definition) is 5. The third kappa shape index (κ3) is 19.0. The summed E-state index contributed by atoms with van der Waals surface area (Å²) in [5, 5.41) is 0. The van der Waals surface area contributed by atoms with E-state index in [0.29, 0.717) is 6.42 Å². The molecule has 0 radical (unpaired) electrons. The van der Waals surface area contributed by atoms with E-state index < -0.39 is 21.5 Å². The number of unbranched alkanes of at least 4 members (excludes halogenated alkanes) is 12. The normalized spacial score (nSPS) is 12.4. The van der Waals surface area contributed by atoms with Crippen LogP contribution in [0.5, 0.6) is 0 Å². The van der Waals surface area contributed by atoms with Crippen LogP contribution in [0.2, 0.25) is 0 Å². The fourth-order valence-electron chi connectivity index (χ4n) is 2.78. The van der Waals surface area contributed by atoms with Gasteiger partial charge in [0.1, 0.15) is 10.1 Å². The summed E-state index contributed by atoms with van der Waals surface area (Å²) in [7, 11) is -4.57. The molecule has 0 saturated heterocycles. The smallest absolute Gasteiger partial charge is 0.745 e. The summed E-state index contributed by atoms with van der Waals surface area (Å²) in [4.78, 5) is 10.8. The minimum atomic E-state index is -4.57. The van der Waals surface area contributed by atoms with Gasteiger partial charge in [-0.05, 0) is 12.8 Å². The molecule has 0 bridgehead atoms. The van der Waals surface area contributed by atoms with Crippen molar-refractivity contribution in [2.45, 2.75) is 109 Å². The molecular formula is C18H35NaO5S. The van der Waals surface area contributed by atoms with E-state index >= 15 is 0 Å². The van der Waals surface area contributed by atoms with E-state index in [2.05, 4.69) is 11.7 Å². The molecule has 0 N–H and O–H groups in total. The van der Waals surface area contributed by atoms with Crippen molar-refractivity contribution in [1.82, 2.24) is 0 Å². The predicted molar refractivity (Wildman–Crippen MR) is 95.6 cm³/mol. The average molecular weight is 387 g/mol. The maximum atomic E-state index is 11.0. The first-order valence-corrected chi connectivity index (χ1v) is 11.0. The van der Waals surface area contributed by atoms with Crippen molar-refractivity contribution >= 4 is 16.1 Å². The van der Waals surface area contributed by atoms with Crippen molar-refractivity contribution < 1.29 is 52.1 Å². The van der Waals surface area contributed by atoms with Gasteiger partial charge in [-0.1, -0.05) is 84.0 Å². The van der Waals surface area contributed by atoms with Crippen molar-refractivity contribution in [1.29, 1.82) is 0 Å². The summed E-state index contributed by atoms with van der Waals surface area (Å²) in [6.45, 7) is 3.35. The number of ether oxygens (including phenoxy) is 1. The second-order valence-corrected chi connectivity index (χ2v) is 8.07. The number of carbonyl (C=O) groups is 1. The second kappa shape index (κ2) is 17.8. The minimum Gasteiger partial charge on any atom is -0.745 e. The molecule has 1 unspecified atom stereocenters. The largest absolute Gasteiger partial charge is 1.00 e. The summed E-state index contributed by atoms with van der Waals surface area (Å²) in [6, 6.07) is 0. The van der Waals surface area contributed by atoms with Crippen LogP contribution in [0.4, 0.5) is 0 Å². The maximum absolute atomic E-state index is 11.0. The van der Waals surface area contributed by atoms with Gasteiger partial charge in [0, 0.05) is 6.92 Å². The van der Waals surface area contributed by atoms with E-state index in [1.165, 1.54) is 57.8 Å². The van der Waals surface area contributed by atoms with E-state index in [1.807, 2.05) is 0 Å². The summed E-state index contributed by atoms with van der Waals surface area (Å²) in [6.07, 6.45) is 15.6. The third-order valence-corrected chi connectivity index (χ3v) is 5.14. The van der Waals surface area contributed by atoms with Crippen LogP contribution in [0.3, 0.4) is 0 Å². The predicted octanol–water partition coefficient (Wildman–Crippen LogP) is 1.91. The van der Waals surface area contributed by atoms with Gasteiger partial charge in [0.15, 0.2) is 5.44 Å². The quantitative estimate of drug-likeness (QED) is 0.175. The van der Waals surface area contributed by atoms with Gasteiger partial charge in [0.05, 0.1) is 0 Å². The van der Waals surface area contributed by atoms with Crippen molar-refractivity contribution in [3.8, 4) is 0 Å². The topological polar surface area (TPSA) is 83.5 Å². The Hall–Kier alpha value is 0.380. The summed E-state index contributed by atoms with van der Waals surface area (Å²) in [5.74, 6) is -0.728. The molecule has 0 spiro atoms. The molecule has 0 amide bonds. The van der Waals surface area contributed by atoms with Crippen LogP contribution in [0, 0.1) is 0 Å². The van der Waals surface area contributed by atoms with Gasteiger partial charge < -0.3 is 9.29 Å². The first-order chi connectivity index (χ1) is 11.4. The van der Waals surface area contributed by atoms with Crippen LogP contribution in [0.25, 0.3) is 0 Å². The van der Waals surface area contributed by atoms with E-state index in [0.717, 1.165) is 26.2 Å². The maximum Gasteiger partial charge on any atom is 1.00 e. The SMILES string of the molecule is CCCCCCCCCCCCCCCC(OC(C)=O)S(=O)(=O)[O-].[Na+]. The van der Waals surface area contributed by atoms with Crippen LogP contribution in [-0.2, 0) is 19.6 Å². The van der Waals surface area contributed by atoms with Gasteiger partial charge in [0.25, 0.3) is 0 Å². The Morgan fingerprint density at radius 3 is 1.52 bits per heavy atom. The van der Waals surface area contributed by atoms with E-state index in [-0.39, 0.29) is 36.0 Å². The molecule has 0 saturated carbocycles. The third-order valence-electron chi connectivity index (χ3n) is 4.16. The Morgan fingerprint density at radius 1 is 0.840 bits per heavy atom. The molecule has 5 nitrogen and oxygen atoms in total. The molecule has 0 aliphatic rings. The average Bonchev–Trinajstić information content (AvgIpc) is 2.49. The van der Waals surface area contributed by atoms with Crippen LogP contribution in [0.15, 0.2) is 0 Å². The van der Waals surface area contributed by atoms with E-state index in [1.54, 1.807) is 0 Å². The molecular weight excluding hydrogens is 351 g/mol. The number of rotatable bonds is 16. The van der Waals surface area contributed by atoms with Gasteiger partial charge in [-0.15, -0.1) is 0 Å². The van der Waals surface area contributed by atoms with E-state index in [9.17, 15) is 17.8 Å². The zero-order valence-corrected chi connectivity index (χ0v) is 19.2. The molecule has 25 heavy (non-hydrogen) atoms. The molecule has 144 valence electrons. The van der Waals surface area contributed by atoms with Crippen LogP contribution >= 0.6 is 0 Å². The Labute approximate surface area is 176 Å². The van der Waals surface area contributed by atoms with E-state index in [4.69, 9.17) is 0 Å². The Balaban J connectivity index is 0. The molecule has 1 atom stereocenters. The zero-order chi connectivity index (χ0) is 18.3. The standard InChI is InChI=1S/C18H36O5S.Na/c1-3-4-5-6-7-8-9-10-11-12-13-14-15-16-18(23-17(2)19)24(20,21)22;/h18H,3-16H2,1-2H3,(H,20,21,22);/q;+1/p-1. The van der Waals surface area contributed by atoms with Crippen molar-refractivity contribution in [2.75, 3.05) is 0 Å². The number of hydrogen-bond donors (Lipinski definition) is 0. The monoisotopic (exact) mass is 386 g/mol. The molecule has 0 rings (SSSR count). The Kier molecular flexibility index (Phi) is 19.6. The molecule has 7 heteroatoms. The number of carbonyl (C=O) groups excluding carboxylic acids is 1. The molecule has 0 aromatic carbocycles. The molecule has 0 aliphatic carbocycles. The van der Waals surface area contributed by atoms with Gasteiger partial charge in [-0.3, -0.25) is 4.79 Å². The van der Waals surface area contributed by atoms with Gasteiger partial charge in [-0.2, -0.15) is 0 Å². The van der Waals surface area contributed by atoms with Crippen LogP contribution in [0.1, 0.15) is 104 Å². The first kappa shape index (κ1) is 27.6. The second-order valence-electron chi connectivity index (χ2n) is 6.56. The minimum absolute atomic E-state index is 0. The van der Waals surface area contributed by atoms with Crippen LogP contribution < -0.4 is 29.6 Å². The summed E-state index contributed by atoms with van der Waals surface area (Å²) < 4.78 is 37.5. The molecule has 0 aromatic rings. The van der Waals surface area contributed by atoms with Gasteiger partial charge in [-0.25, -0.2) is 8.42 Å². The molecule has 0 fully saturated rings. The molecule has 0 aromatic heterocycles. The van der Waals surface area contributed by atoms with Crippen molar-refractivity contribution in [3.05, 3.63) is 0 Å². The molecule has 0 heterocycles. The summed E-state index contributed by atoms with van der Waals surface area (Å²) >= 11 is 0. The Bertz CT molecular complexity index is 412. The first-order valence-electron chi connectivity index (χ1n) is 9.50. The fourth-order valence-corrected chi connectivity index (χ4v) is 3.48.